The van der Waals surface area contributed by atoms with Crippen molar-refractivity contribution in [2.45, 2.75) is 39.4 Å². The van der Waals surface area contributed by atoms with Crippen molar-refractivity contribution in [3.8, 4) is 5.75 Å². The van der Waals surface area contributed by atoms with Crippen molar-refractivity contribution in [1.29, 1.82) is 0 Å². The Balaban J connectivity index is 2.46. The monoisotopic (exact) mass is 242 g/mol. The highest BCUT2D eigenvalue weighted by Gasteiger charge is 2.14. The lowest BCUT2D eigenvalue weighted by Gasteiger charge is -2.23. The van der Waals surface area contributed by atoms with Crippen LogP contribution >= 0.6 is 11.6 Å². The van der Waals surface area contributed by atoms with Gasteiger partial charge in [0.15, 0.2) is 0 Å². The fraction of sp³-hybridized carbons (Fsp3) is 0.538. The van der Waals surface area contributed by atoms with E-state index in [9.17, 15) is 0 Å². The molecular formula is C13H19ClO2. The number of halogens is 1. The third-order valence-corrected chi connectivity index (χ3v) is 2.23. The molecule has 1 atom stereocenters. The molecule has 2 nitrogen and oxygen atoms in total. The molecule has 0 bridgehead atoms. The van der Waals surface area contributed by atoms with Crippen molar-refractivity contribution < 1.29 is 9.47 Å². The predicted molar refractivity (Wildman–Crippen MR) is 67.2 cm³/mol. The van der Waals surface area contributed by atoms with E-state index in [0.717, 1.165) is 0 Å². The first-order valence-corrected chi connectivity index (χ1v) is 5.81. The van der Waals surface area contributed by atoms with E-state index in [-0.39, 0.29) is 11.7 Å². The van der Waals surface area contributed by atoms with E-state index < -0.39 is 0 Å². The predicted octanol–water partition coefficient (Wildman–Crippen LogP) is 3.92. The second-order valence-electron chi connectivity index (χ2n) is 4.78. The van der Waals surface area contributed by atoms with Gasteiger partial charge in [0, 0.05) is 0 Å². The van der Waals surface area contributed by atoms with Gasteiger partial charge in [0.25, 0.3) is 0 Å². The number of para-hydroxylation sites is 1. The smallest absolute Gasteiger partial charge is 0.138 e. The van der Waals surface area contributed by atoms with Gasteiger partial charge in [-0.05, 0) is 39.8 Å². The number of rotatable bonds is 4. The highest BCUT2D eigenvalue weighted by Crippen LogP contribution is 2.24. The van der Waals surface area contributed by atoms with Gasteiger partial charge in [-0.1, -0.05) is 23.7 Å². The molecule has 0 aliphatic heterocycles. The van der Waals surface area contributed by atoms with Crippen molar-refractivity contribution in [2.24, 2.45) is 0 Å². The van der Waals surface area contributed by atoms with Gasteiger partial charge in [0.05, 0.1) is 17.2 Å². The maximum atomic E-state index is 5.99. The van der Waals surface area contributed by atoms with Gasteiger partial charge >= 0.3 is 0 Å². The van der Waals surface area contributed by atoms with Crippen molar-refractivity contribution in [1.82, 2.24) is 0 Å². The van der Waals surface area contributed by atoms with Crippen LogP contribution < -0.4 is 4.74 Å². The van der Waals surface area contributed by atoms with Gasteiger partial charge in [-0.2, -0.15) is 0 Å². The summed E-state index contributed by atoms with van der Waals surface area (Å²) in [5.74, 6) is 0.703. The number of ether oxygens (including phenoxy) is 2. The van der Waals surface area contributed by atoms with Crippen LogP contribution in [0.15, 0.2) is 24.3 Å². The molecule has 0 saturated heterocycles. The standard InChI is InChI=1S/C13H19ClO2/c1-10(9-15-13(2,3)4)16-12-8-6-5-7-11(12)14/h5-8,10H,9H2,1-4H3. The van der Waals surface area contributed by atoms with E-state index in [2.05, 4.69) is 0 Å². The summed E-state index contributed by atoms with van der Waals surface area (Å²) >= 11 is 5.99. The molecule has 0 saturated carbocycles. The molecule has 0 aromatic heterocycles. The van der Waals surface area contributed by atoms with Gasteiger partial charge in [-0.25, -0.2) is 0 Å². The van der Waals surface area contributed by atoms with Crippen LogP contribution in [0.25, 0.3) is 0 Å². The van der Waals surface area contributed by atoms with Gasteiger partial charge in [-0.15, -0.1) is 0 Å². The van der Waals surface area contributed by atoms with Crippen molar-refractivity contribution in [2.75, 3.05) is 6.61 Å². The molecule has 0 aliphatic carbocycles. The van der Waals surface area contributed by atoms with Crippen LogP contribution in [0.1, 0.15) is 27.7 Å². The van der Waals surface area contributed by atoms with Crippen molar-refractivity contribution in [3.05, 3.63) is 29.3 Å². The highest BCUT2D eigenvalue weighted by atomic mass is 35.5. The molecule has 1 unspecified atom stereocenters. The summed E-state index contributed by atoms with van der Waals surface area (Å²) in [7, 11) is 0. The number of hydrogen-bond acceptors (Lipinski definition) is 2. The lowest BCUT2D eigenvalue weighted by molar-refractivity contribution is -0.0374. The van der Waals surface area contributed by atoms with Crippen LogP contribution in [0.4, 0.5) is 0 Å². The van der Waals surface area contributed by atoms with Gasteiger partial charge in [-0.3, -0.25) is 0 Å². The average molecular weight is 243 g/mol. The average Bonchev–Trinajstić information content (AvgIpc) is 2.18. The van der Waals surface area contributed by atoms with Crippen LogP contribution in [0, 0.1) is 0 Å². The SMILES string of the molecule is CC(COC(C)(C)C)Oc1ccccc1Cl. The molecule has 1 aromatic rings. The molecule has 90 valence electrons. The van der Waals surface area contributed by atoms with Crippen molar-refractivity contribution in [3.63, 3.8) is 0 Å². The molecule has 1 aromatic carbocycles. The first kappa shape index (κ1) is 13.3. The summed E-state index contributed by atoms with van der Waals surface area (Å²) < 4.78 is 11.3. The first-order valence-electron chi connectivity index (χ1n) is 5.43. The topological polar surface area (TPSA) is 18.5 Å². The summed E-state index contributed by atoms with van der Waals surface area (Å²) in [5.41, 5.74) is -0.141. The lowest BCUT2D eigenvalue weighted by Crippen LogP contribution is -2.27. The molecule has 3 heteroatoms. The Labute approximate surface area is 103 Å². The Kier molecular flexibility index (Phi) is 4.63. The van der Waals surface area contributed by atoms with Crippen LogP contribution in [0.2, 0.25) is 5.02 Å². The van der Waals surface area contributed by atoms with E-state index in [1.54, 1.807) is 0 Å². The summed E-state index contributed by atoms with van der Waals surface area (Å²) in [6.45, 7) is 8.59. The molecule has 0 radical (unpaired) electrons. The minimum Gasteiger partial charge on any atom is -0.487 e. The third kappa shape index (κ3) is 4.86. The summed E-state index contributed by atoms with van der Waals surface area (Å²) in [4.78, 5) is 0. The molecule has 0 spiro atoms. The largest absolute Gasteiger partial charge is 0.487 e. The summed E-state index contributed by atoms with van der Waals surface area (Å²) in [5, 5.41) is 0.630. The van der Waals surface area contributed by atoms with Crippen LogP contribution in [-0.4, -0.2) is 18.3 Å². The minimum absolute atomic E-state index is 0.0147. The second kappa shape index (κ2) is 5.55. The van der Waals surface area contributed by atoms with E-state index in [1.165, 1.54) is 0 Å². The van der Waals surface area contributed by atoms with Crippen LogP contribution in [0.5, 0.6) is 5.75 Å². The maximum absolute atomic E-state index is 5.99. The fourth-order valence-electron chi connectivity index (χ4n) is 1.16. The Morgan fingerprint density at radius 2 is 1.88 bits per heavy atom. The number of hydrogen-bond donors (Lipinski definition) is 0. The Bertz CT molecular complexity index is 331. The van der Waals surface area contributed by atoms with Crippen LogP contribution in [-0.2, 0) is 4.74 Å². The lowest BCUT2D eigenvalue weighted by atomic mass is 10.2. The Morgan fingerprint density at radius 1 is 1.25 bits per heavy atom. The zero-order chi connectivity index (χ0) is 12.2. The Morgan fingerprint density at radius 3 is 2.44 bits per heavy atom. The zero-order valence-electron chi connectivity index (χ0n) is 10.3. The molecule has 1 rings (SSSR count). The van der Waals surface area contributed by atoms with Crippen molar-refractivity contribution >= 4 is 11.6 Å². The molecule has 0 aliphatic rings. The van der Waals surface area contributed by atoms with Crippen LogP contribution in [0.3, 0.4) is 0 Å². The molecule has 0 N–H and O–H groups in total. The number of benzene rings is 1. The third-order valence-electron chi connectivity index (χ3n) is 1.92. The Hall–Kier alpha value is -0.730. The van der Waals surface area contributed by atoms with E-state index in [1.807, 2.05) is 52.0 Å². The van der Waals surface area contributed by atoms with Gasteiger partial charge in [0.1, 0.15) is 11.9 Å². The molecule has 0 amide bonds. The second-order valence-corrected chi connectivity index (χ2v) is 5.19. The highest BCUT2D eigenvalue weighted by molar-refractivity contribution is 6.32. The first-order chi connectivity index (χ1) is 7.38. The van der Waals surface area contributed by atoms with Gasteiger partial charge in [0.2, 0.25) is 0 Å². The molecule has 0 heterocycles. The quantitative estimate of drug-likeness (QED) is 0.797. The molecule has 16 heavy (non-hydrogen) atoms. The van der Waals surface area contributed by atoms with E-state index in [0.29, 0.717) is 17.4 Å². The van der Waals surface area contributed by atoms with E-state index in [4.69, 9.17) is 21.1 Å². The molecule has 0 fully saturated rings. The van der Waals surface area contributed by atoms with E-state index >= 15 is 0 Å². The zero-order valence-corrected chi connectivity index (χ0v) is 11.0. The normalized spacial score (nSPS) is 13.6. The van der Waals surface area contributed by atoms with Gasteiger partial charge < -0.3 is 9.47 Å². The fourth-order valence-corrected chi connectivity index (χ4v) is 1.34. The summed E-state index contributed by atoms with van der Waals surface area (Å²) in [6.07, 6.45) is -0.0147. The minimum atomic E-state index is -0.141. The molecular weight excluding hydrogens is 224 g/mol. The summed E-state index contributed by atoms with van der Waals surface area (Å²) in [6, 6.07) is 7.45. The maximum Gasteiger partial charge on any atom is 0.138 e.